The summed E-state index contributed by atoms with van der Waals surface area (Å²) in [7, 11) is 2.89. The maximum Gasteiger partial charge on any atom is 0.425 e. The van der Waals surface area contributed by atoms with Crippen molar-refractivity contribution in [3.63, 3.8) is 0 Å². The molecule has 0 aliphatic carbocycles. The SMILES string of the molecule is CCc1c(-c2ccc(OCCOCCOCCOCCOCCOCCOCCC(=O)OC)cc2)cnc(N(C(=O)OC(C)(C)C)C(=O)OC(C)(C)C)c1-c1ccc(OCOC)cc1. The highest BCUT2D eigenvalue weighted by molar-refractivity contribution is 6.11. The minimum atomic E-state index is -0.916. The third kappa shape index (κ3) is 20.3. The molecule has 1 heterocycles. The standard InChI is InChI=1S/C47H68N2O15/c1-10-39-40(33-48-43(42(39)36-13-17-38(18-14-36)62-34-53-8)49(44(51)63-46(2,3)4)45(52)64-47(5,6)7)35-11-15-37(16-12-35)61-32-31-60-30-29-59-28-27-58-26-25-57-24-23-56-22-21-55-20-19-41(50)54-9/h11-18,33H,10,19-32,34H2,1-9H3. The zero-order valence-electron chi connectivity index (χ0n) is 39.0. The number of anilines is 1. The molecule has 0 unspecified atom stereocenters. The maximum atomic E-state index is 13.8. The topological polar surface area (TPSA) is 178 Å². The molecule has 1 aromatic heterocycles. The van der Waals surface area contributed by atoms with Crippen molar-refractivity contribution in [1.29, 1.82) is 0 Å². The van der Waals surface area contributed by atoms with Crippen LogP contribution in [0.15, 0.2) is 54.7 Å². The molecule has 0 radical (unpaired) electrons. The molecule has 0 aliphatic heterocycles. The molecule has 0 N–H and O–H groups in total. The summed E-state index contributed by atoms with van der Waals surface area (Å²) in [5, 5.41) is 0. The molecule has 2 aromatic carbocycles. The average Bonchev–Trinajstić information content (AvgIpc) is 3.25. The molecule has 0 atom stereocenters. The Morgan fingerprint density at radius 1 is 0.562 bits per heavy atom. The number of esters is 1. The van der Waals surface area contributed by atoms with Gasteiger partial charge in [-0.15, -0.1) is 0 Å². The highest BCUT2D eigenvalue weighted by atomic mass is 16.7. The van der Waals surface area contributed by atoms with Gasteiger partial charge in [0.05, 0.1) is 92.8 Å². The predicted octanol–water partition coefficient (Wildman–Crippen LogP) is 7.68. The van der Waals surface area contributed by atoms with Crippen molar-refractivity contribution < 1.29 is 71.2 Å². The van der Waals surface area contributed by atoms with E-state index in [0.717, 1.165) is 21.6 Å². The number of rotatable bonds is 29. The molecule has 0 bridgehead atoms. The van der Waals surface area contributed by atoms with Gasteiger partial charge in [0.25, 0.3) is 0 Å². The molecular formula is C47H68N2O15. The first-order chi connectivity index (χ1) is 30.7. The lowest BCUT2D eigenvalue weighted by Gasteiger charge is -2.30. The first-order valence-corrected chi connectivity index (χ1v) is 21.4. The summed E-state index contributed by atoms with van der Waals surface area (Å²) < 4.78 is 65.5. The summed E-state index contributed by atoms with van der Waals surface area (Å²) in [5.41, 5.74) is 1.93. The second-order valence-corrected chi connectivity index (χ2v) is 15.9. The van der Waals surface area contributed by atoms with E-state index >= 15 is 0 Å². The van der Waals surface area contributed by atoms with Crippen LogP contribution in [-0.4, -0.2) is 141 Å². The van der Waals surface area contributed by atoms with E-state index in [1.165, 1.54) is 7.11 Å². The summed E-state index contributed by atoms with van der Waals surface area (Å²) in [6.45, 7) is 17.8. The number of nitrogens with zero attached hydrogens (tertiary/aromatic N) is 2. The molecular weight excluding hydrogens is 833 g/mol. The first-order valence-electron chi connectivity index (χ1n) is 21.4. The largest absolute Gasteiger partial charge is 0.491 e. The molecule has 0 fully saturated rings. The van der Waals surface area contributed by atoms with Crippen molar-refractivity contribution >= 4 is 24.0 Å². The second kappa shape index (κ2) is 28.8. The highest BCUT2D eigenvalue weighted by Gasteiger charge is 2.36. The molecule has 17 nitrogen and oxygen atoms in total. The summed E-state index contributed by atoms with van der Waals surface area (Å²) in [6.07, 6.45) is 0.572. The fraction of sp³-hybridized carbons (Fsp3) is 0.574. The van der Waals surface area contributed by atoms with Gasteiger partial charge >= 0.3 is 18.2 Å². The Labute approximate surface area is 377 Å². The van der Waals surface area contributed by atoms with E-state index in [2.05, 4.69) is 4.74 Å². The smallest absolute Gasteiger partial charge is 0.425 e. The van der Waals surface area contributed by atoms with Crippen molar-refractivity contribution in [2.75, 3.05) is 112 Å². The third-order valence-corrected chi connectivity index (χ3v) is 8.57. The van der Waals surface area contributed by atoms with Gasteiger partial charge in [0.2, 0.25) is 0 Å². The molecule has 0 saturated heterocycles. The van der Waals surface area contributed by atoms with Crippen molar-refractivity contribution in [2.45, 2.75) is 72.5 Å². The molecule has 17 heteroatoms. The van der Waals surface area contributed by atoms with E-state index in [1.54, 1.807) is 67.0 Å². The number of carbonyl (C=O) groups is 3. The Morgan fingerprint density at radius 2 is 0.984 bits per heavy atom. The van der Waals surface area contributed by atoms with Gasteiger partial charge < -0.3 is 56.8 Å². The Bertz CT molecular complexity index is 1780. The minimum Gasteiger partial charge on any atom is -0.491 e. The Kier molecular flexibility index (Phi) is 24.1. The van der Waals surface area contributed by atoms with E-state index in [4.69, 9.17) is 57.1 Å². The molecule has 3 rings (SSSR count). The number of carbonyl (C=O) groups excluding carboxylic acids is 3. The lowest BCUT2D eigenvalue weighted by atomic mass is 9.91. The average molecular weight is 901 g/mol. The van der Waals surface area contributed by atoms with Gasteiger partial charge in [-0.1, -0.05) is 31.2 Å². The third-order valence-electron chi connectivity index (χ3n) is 8.57. The molecule has 3 aromatic rings. The van der Waals surface area contributed by atoms with Gasteiger partial charge in [-0.25, -0.2) is 14.6 Å². The molecule has 2 amide bonds. The zero-order valence-corrected chi connectivity index (χ0v) is 39.0. The summed E-state index contributed by atoms with van der Waals surface area (Å²) in [4.78, 5) is 44.2. The number of amides is 2. The van der Waals surface area contributed by atoms with E-state index in [0.29, 0.717) is 115 Å². The molecule has 0 aliphatic rings. The van der Waals surface area contributed by atoms with Crippen LogP contribution in [0.25, 0.3) is 22.3 Å². The quantitative estimate of drug-likeness (QED) is 0.0286. The number of pyridine rings is 1. The Hall–Kier alpha value is -4.88. The van der Waals surface area contributed by atoms with Gasteiger partial charge in [-0.2, -0.15) is 4.90 Å². The summed E-state index contributed by atoms with van der Waals surface area (Å²) in [6, 6.07) is 14.9. The number of methoxy groups -OCH3 is 2. The van der Waals surface area contributed by atoms with Crippen molar-refractivity contribution in [1.82, 2.24) is 4.98 Å². The van der Waals surface area contributed by atoms with E-state index < -0.39 is 23.4 Å². The van der Waals surface area contributed by atoms with Crippen LogP contribution in [0.5, 0.6) is 11.5 Å². The van der Waals surface area contributed by atoms with Gasteiger partial charge in [0, 0.05) is 24.4 Å². The molecule has 0 saturated carbocycles. The van der Waals surface area contributed by atoms with Crippen molar-refractivity contribution in [3.8, 4) is 33.8 Å². The summed E-state index contributed by atoms with van der Waals surface area (Å²) >= 11 is 0. The van der Waals surface area contributed by atoms with Crippen LogP contribution < -0.4 is 14.4 Å². The van der Waals surface area contributed by atoms with E-state index in [9.17, 15) is 14.4 Å². The number of imide groups is 1. The molecule has 0 spiro atoms. The van der Waals surface area contributed by atoms with Crippen LogP contribution in [0.2, 0.25) is 0 Å². The van der Waals surface area contributed by atoms with Crippen LogP contribution in [0.3, 0.4) is 0 Å². The lowest BCUT2D eigenvalue weighted by Crippen LogP contribution is -2.44. The van der Waals surface area contributed by atoms with Crippen LogP contribution in [0.1, 0.15) is 60.5 Å². The first kappa shape index (κ1) is 53.5. The lowest BCUT2D eigenvalue weighted by molar-refractivity contribution is -0.142. The molecule has 64 heavy (non-hydrogen) atoms. The number of ether oxygens (including phenoxy) is 12. The van der Waals surface area contributed by atoms with Crippen molar-refractivity contribution in [2.24, 2.45) is 0 Å². The fourth-order valence-electron chi connectivity index (χ4n) is 5.74. The van der Waals surface area contributed by atoms with Crippen molar-refractivity contribution in [3.05, 3.63) is 60.3 Å². The highest BCUT2D eigenvalue weighted by Crippen LogP contribution is 2.40. The van der Waals surface area contributed by atoms with Gasteiger partial charge in [0.1, 0.15) is 29.3 Å². The van der Waals surface area contributed by atoms with Crippen LogP contribution in [0, 0.1) is 0 Å². The number of hydrogen-bond donors (Lipinski definition) is 0. The van der Waals surface area contributed by atoms with E-state index in [-0.39, 0.29) is 25.0 Å². The second-order valence-electron chi connectivity index (χ2n) is 15.9. The minimum absolute atomic E-state index is 0.0725. The predicted molar refractivity (Wildman–Crippen MR) is 239 cm³/mol. The number of hydrogen-bond acceptors (Lipinski definition) is 16. The normalized spacial score (nSPS) is 11.6. The van der Waals surface area contributed by atoms with E-state index in [1.807, 2.05) is 43.3 Å². The van der Waals surface area contributed by atoms with Crippen LogP contribution in [0.4, 0.5) is 15.4 Å². The monoisotopic (exact) mass is 900 g/mol. The van der Waals surface area contributed by atoms with Gasteiger partial charge in [-0.3, -0.25) is 4.79 Å². The Morgan fingerprint density at radius 3 is 1.41 bits per heavy atom. The van der Waals surface area contributed by atoms with Gasteiger partial charge in [0.15, 0.2) is 12.6 Å². The van der Waals surface area contributed by atoms with Crippen LogP contribution >= 0.6 is 0 Å². The van der Waals surface area contributed by atoms with Crippen LogP contribution in [-0.2, 0) is 58.6 Å². The number of benzene rings is 2. The summed E-state index contributed by atoms with van der Waals surface area (Å²) in [5.74, 6) is 1.01. The maximum absolute atomic E-state index is 13.8. The number of aromatic nitrogens is 1. The zero-order chi connectivity index (χ0) is 46.8. The van der Waals surface area contributed by atoms with Gasteiger partial charge in [-0.05, 0) is 88.9 Å². The molecule has 356 valence electrons. The Balaban J connectivity index is 1.52. The fourth-order valence-corrected chi connectivity index (χ4v) is 5.74.